The summed E-state index contributed by atoms with van der Waals surface area (Å²) in [5, 5.41) is 3.01. The van der Waals surface area contributed by atoms with Crippen molar-refractivity contribution in [1.29, 1.82) is 0 Å². The van der Waals surface area contributed by atoms with E-state index in [0.29, 0.717) is 28.1 Å². The highest BCUT2D eigenvalue weighted by molar-refractivity contribution is 9.10. The number of ether oxygens (including phenoxy) is 2. The summed E-state index contributed by atoms with van der Waals surface area (Å²) < 4.78 is 13.1. The van der Waals surface area contributed by atoms with Gasteiger partial charge in [0.05, 0.1) is 11.6 Å². The molecule has 30 heavy (non-hydrogen) atoms. The van der Waals surface area contributed by atoms with Gasteiger partial charge in [-0.25, -0.2) is 0 Å². The molecule has 3 aromatic rings. The first kappa shape index (κ1) is 22.4. The Hall–Kier alpha value is -2.31. The number of methoxy groups -OCH3 is 1. The first-order valence-electron chi connectivity index (χ1n) is 9.54. The number of amides is 1. The van der Waals surface area contributed by atoms with E-state index >= 15 is 0 Å². The van der Waals surface area contributed by atoms with E-state index in [0.717, 1.165) is 21.3 Å². The van der Waals surface area contributed by atoms with E-state index in [1.165, 1.54) is 0 Å². The number of hydrogen-bond donors (Lipinski definition) is 1. The lowest BCUT2D eigenvalue weighted by molar-refractivity contribution is 0.102. The van der Waals surface area contributed by atoms with Crippen molar-refractivity contribution in [3.05, 3.63) is 86.3 Å². The first-order chi connectivity index (χ1) is 14.4. The molecule has 0 spiro atoms. The summed E-state index contributed by atoms with van der Waals surface area (Å²) in [5.41, 5.74) is 3.37. The van der Waals surface area contributed by atoms with Crippen LogP contribution in [0.2, 0.25) is 0 Å². The van der Waals surface area contributed by atoms with E-state index < -0.39 is 0 Å². The molecule has 0 aliphatic carbocycles. The number of rotatable bonds is 7. The Balaban J connectivity index is 1.83. The van der Waals surface area contributed by atoms with Crippen molar-refractivity contribution in [2.75, 3.05) is 12.4 Å². The molecular formula is C24H23Br2NO3. The molecule has 4 nitrogen and oxygen atoms in total. The van der Waals surface area contributed by atoms with Crippen LogP contribution in [0, 0.1) is 0 Å². The van der Waals surface area contributed by atoms with Crippen molar-refractivity contribution in [3.8, 4) is 11.5 Å². The monoisotopic (exact) mass is 531 g/mol. The predicted octanol–water partition coefficient (Wildman–Crippen LogP) is 7.17. The Kier molecular flexibility index (Phi) is 7.56. The number of hydrogen-bond acceptors (Lipinski definition) is 3. The van der Waals surface area contributed by atoms with Crippen molar-refractivity contribution >= 4 is 43.5 Å². The van der Waals surface area contributed by atoms with Crippen molar-refractivity contribution in [1.82, 2.24) is 0 Å². The van der Waals surface area contributed by atoms with Gasteiger partial charge in [0.1, 0.15) is 6.61 Å². The maximum absolute atomic E-state index is 12.9. The van der Waals surface area contributed by atoms with E-state index in [9.17, 15) is 4.79 Å². The molecule has 0 fully saturated rings. The van der Waals surface area contributed by atoms with Gasteiger partial charge in [0.25, 0.3) is 5.91 Å². The van der Waals surface area contributed by atoms with Gasteiger partial charge in [-0.1, -0.05) is 60.1 Å². The van der Waals surface area contributed by atoms with Crippen LogP contribution >= 0.6 is 31.9 Å². The van der Waals surface area contributed by atoms with E-state index in [2.05, 4.69) is 51.0 Å². The first-order valence-corrected chi connectivity index (χ1v) is 11.1. The fraction of sp³-hybridized carbons (Fsp3) is 0.208. The van der Waals surface area contributed by atoms with Gasteiger partial charge >= 0.3 is 0 Å². The van der Waals surface area contributed by atoms with E-state index in [1.807, 2.05) is 48.5 Å². The number of nitrogens with one attached hydrogen (secondary N) is 1. The van der Waals surface area contributed by atoms with Gasteiger partial charge in [0.15, 0.2) is 11.5 Å². The standard InChI is InChI=1S/C24H23Br2NO3/c1-15(2)19-13-18(25)9-10-21(19)27-24(28)17-11-20(26)23(22(12-17)29-3)30-14-16-7-5-4-6-8-16/h4-13,15H,14H2,1-3H3,(H,27,28). The lowest BCUT2D eigenvalue weighted by Crippen LogP contribution is -2.14. The number of benzene rings is 3. The zero-order valence-electron chi connectivity index (χ0n) is 17.0. The fourth-order valence-electron chi connectivity index (χ4n) is 3.04. The average molecular weight is 533 g/mol. The second-order valence-corrected chi connectivity index (χ2v) is 8.87. The number of carbonyl (C=O) groups excluding carboxylic acids is 1. The van der Waals surface area contributed by atoms with Crippen LogP contribution < -0.4 is 14.8 Å². The van der Waals surface area contributed by atoms with Crippen molar-refractivity contribution in [3.63, 3.8) is 0 Å². The summed E-state index contributed by atoms with van der Waals surface area (Å²) in [6, 6.07) is 19.2. The fourth-order valence-corrected chi connectivity index (χ4v) is 3.98. The van der Waals surface area contributed by atoms with Crippen LogP contribution in [-0.4, -0.2) is 13.0 Å². The summed E-state index contributed by atoms with van der Waals surface area (Å²) in [4.78, 5) is 12.9. The molecule has 0 radical (unpaired) electrons. The SMILES string of the molecule is COc1cc(C(=O)Nc2ccc(Br)cc2C(C)C)cc(Br)c1OCc1ccccc1. The largest absolute Gasteiger partial charge is 0.493 e. The van der Waals surface area contributed by atoms with Crippen LogP contribution in [0.25, 0.3) is 0 Å². The Morgan fingerprint density at radius 3 is 2.43 bits per heavy atom. The van der Waals surface area contributed by atoms with Crippen LogP contribution in [-0.2, 0) is 6.61 Å². The van der Waals surface area contributed by atoms with Crippen molar-refractivity contribution in [2.24, 2.45) is 0 Å². The van der Waals surface area contributed by atoms with Gasteiger partial charge in [0, 0.05) is 15.7 Å². The maximum Gasteiger partial charge on any atom is 0.255 e. The Morgan fingerprint density at radius 2 is 1.77 bits per heavy atom. The number of anilines is 1. The molecule has 0 unspecified atom stereocenters. The second-order valence-electron chi connectivity index (χ2n) is 7.10. The summed E-state index contributed by atoms with van der Waals surface area (Å²) in [6.07, 6.45) is 0. The molecule has 1 amide bonds. The average Bonchev–Trinajstić information content (AvgIpc) is 2.74. The molecular weight excluding hydrogens is 510 g/mol. The second kappa shape index (κ2) is 10.1. The molecule has 0 saturated heterocycles. The van der Waals surface area contributed by atoms with Crippen LogP contribution in [0.3, 0.4) is 0 Å². The minimum atomic E-state index is -0.215. The third-order valence-electron chi connectivity index (χ3n) is 4.60. The van der Waals surface area contributed by atoms with Crippen LogP contribution in [0.1, 0.15) is 41.3 Å². The molecule has 0 heterocycles. The zero-order valence-corrected chi connectivity index (χ0v) is 20.2. The Bertz CT molecular complexity index is 1040. The molecule has 6 heteroatoms. The lowest BCUT2D eigenvalue weighted by Gasteiger charge is -2.16. The molecule has 1 N–H and O–H groups in total. The minimum absolute atomic E-state index is 0.215. The molecule has 0 saturated carbocycles. The third kappa shape index (κ3) is 5.43. The molecule has 0 aliphatic heterocycles. The van der Waals surface area contributed by atoms with Gasteiger partial charge < -0.3 is 14.8 Å². The topological polar surface area (TPSA) is 47.6 Å². The molecule has 0 atom stereocenters. The van der Waals surface area contributed by atoms with E-state index in [-0.39, 0.29) is 11.8 Å². The zero-order chi connectivity index (χ0) is 21.7. The normalized spacial score (nSPS) is 10.7. The van der Waals surface area contributed by atoms with Gasteiger partial charge in [0.2, 0.25) is 0 Å². The Morgan fingerprint density at radius 1 is 1.03 bits per heavy atom. The molecule has 3 rings (SSSR count). The Labute approximate surface area is 193 Å². The highest BCUT2D eigenvalue weighted by Crippen LogP contribution is 2.37. The summed E-state index contributed by atoms with van der Waals surface area (Å²) in [7, 11) is 1.56. The van der Waals surface area contributed by atoms with Crippen LogP contribution in [0.5, 0.6) is 11.5 Å². The minimum Gasteiger partial charge on any atom is -0.493 e. The quantitative estimate of drug-likeness (QED) is 0.350. The van der Waals surface area contributed by atoms with Gasteiger partial charge in [-0.2, -0.15) is 0 Å². The molecule has 3 aromatic carbocycles. The lowest BCUT2D eigenvalue weighted by atomic mass is 10.0. The van der Waals surface area contributed by atoms with Crippen LogP contribution in [0.4, 0.5) is 5.69 Å². The van der Waals surface area contributed by atoms with E-state index in [1.54, 1.807) is 19.2 Å². The predicted molar refractivity (Wildman–Crippen MR) is 128 cm³/mol. The number of carbonyl (C=O) groups is 1. The summed E-state index contributed by atoms with van der Waals surface area (Å²) in [6.45, 7) is 4.59. The highest BCUT2D eigenvalue weighted by Gasteiger charge is 2.17. The summed E-state index contributed by atoms with van der Waals surface area (Å²) >= 11 is 7.02. The van der Waals surface area contributed by atoms with Gasteiger partial charge in [-0.05, 0) is 63.3 Å². The van der Waals surface area contributed by atoms with E-state index in [4.69, 9.17) is 9.47 Å². The van der Waals surface area contributed by atoms with Crippen molar-refractivity contribution < 1.29 is 14.3 Å². The smallest absolute Gasteiger partial charge is 0.255 e. The van der Waals surface area contributed by atoms with Gasteiger partial charge in [-0.3, -0.25) is 4.79 Å². The van der Waals surface area contributed by atoms with Crippen LogP contribution in [0.15, 0.2) is 69.6 Å². The molecule has 156 valence electrons. The van der Waals surface area contributed by atoms with Gasteiger partial charge in [-0.15, -0.1) is 0 Å². The maximum atomic E-state index is 12.9. The molecule has 0 aliphatic rings. The molecule has 0 aromatic heterocycles. The number of halogens is 2. The molecule has 0 bridgehead atoms. The van der Waals surface area contributed by atoms with Crippen molar-refractivity contribution in [2.45, 2.75) is 26.4 Å². The third-order valence-corrected chi connectivity index (χ3v) is 5.68. The summed E-state index contributed by atoms with van der Waals surface area (Å²) in [5.74, 6) is 1.11. The highest BCUT2D eigenvalue weighted by atomic mass is 79.9.